The monoisotopic (exact) mass is 535 g/mol. The van der Waals surface area contributed by atoms with Crippen molar-refractivity contribution in [2.75, 3.05) is 10.1 Å². The number of benzene rings is 2. The molecule has 0 amide bonds. The Morgan fingerprint density at radius 1 is 1.06 bits per heavy atom. The van der Waals surface area contributed by atoms with Crippen LogP contribution in [0.2, 0.25) is 0 Å². The highest BCUT2D eigenvalue weighted by atomic mass is 32.2. The number of rotatable bonds is 9. The van der Waals surface area contributed by atoms with Crippen LogP contribution >= 0.6 is 0 Å². The maximum absolute atomic E-state index is 13.9. The van der Waals surface area contributed by atoms with Gasteiger partial charge in [0, 0.05) is 11.6 Å². The Kier molecular flexibility index (Phi) is 8.75. The molecule has 0 bridgehead atoms. The summed E-state index contributed by atoms with van der Waals surface area (Å²) in [5.41, 5.74) is 3.45. The second kappa shape index (κ2) is 11.6. The number of sulfonamides is 1. The minimum Gasteiger partial charge on any atom is -0.490 e. The van der Waals surface area contributed by atoms with Gasteiger partial charge < -0.3 is 14.4 Å². The van der Waals surface area contributed by atoms with Crippen molar-refractivity contribution in [3.8, 4) is 5.75 Å². The molecule has 1 heterocycles. The van der Waals surface area contributed by atoms with Crippen molar-refractivity contribution in [1.29, 1.82) is 0 Å². The molecule has 2 aromatic rings. The molecule has 1 saturated carbocycles. The Hall–Kier alpha value is -1.94. The molecule has 1 aliphatic heterocycles. The maximum atomic E-state index is 13.9. The Bertz CT molecular complexity index is 1190. The van der Waals surface area contributed by atoms with Crippen LogP contribution in [-0.2, 0) is 40.6 Å². The highest BCUT2D eigenvalue weighted by Crippen LogP contribution is 2.38. The molecule has 7 nitrogen and oxygen atoms in total. The summed E-state index contributed by atoms with van der Waals surface area (Å²) in [6, 6.07) is 10.7. The number of aryl methyl sites for hydroxylation is 2. The molecule has 2 unspecified atom stereocenters. The lowest BCUT2D eigenvalue weighted by atomic mass is 9.88. The minimum absolute atomic E-state index is 0.0626. The van der Waals surface area contributed by atoms with Gasteiger partial charge in [-0.3, -0.25) is 4.31 Å². The van der Waals surface area contributed by atoms with Crippen molar-refractivity contribution in [2.24, 2.45) is 5.92 Å². The highest BCUT2D eigenvalue weighted by molar-refractivity contribution is 7.92. The van der Waals surface area contributed by atoms with E-state index in [0.29, 0.717) is 17.1 Å². The van der Waals surface area contributed by atoms with Crippen molar-refractivity contribution < 1.29 is 27.0 Å². The number of nitrogens with zero attached hydrogens (tertiary/aromatic N) is 1. The van der Waals surface area contributed by atoms with Crippen LogP contribution in [0.4, 0.5) is 5.69 Å². The Morgan fingerprint density at radius 2 is 1.81 bits per heavy atom. The van der Waals surface area contributed by atoms with Gasteiger partial charge in [0.15, 0.2) is 11.1 Å². The number of aliphatic hydroxyl groups excluding tert-OH is 1. The second-order valence-corrected chi connectivity index (χ2v) is 12.7. The molecular weight excluding hydrogens is 498 g/mol. The molecule has 0 spiro atoms. The van der Waals surface area contributed by atoms with Crippen LogP contribution < -0.4 is 9.04 Å². The van der Waals surface area contributed by atoms with Crippen molar-refractivity contribution in [2.45, 2.75) is 88.9 Å². The van der Waals surface area contributed by atoms with E-state index >= 15 is 0 Å². The molecule has 1 aliphatic carbocycles. The highest BCUT2D eigenvalue weighted by Gasteiger charge is 2.36. The van der Waals surface area contributed by atoms with E-state index in [1.807, 2.05) is 19.1 Å². The molecular formula is C27H37NO6S2. The normalized spacial score (nSPS) is 23.2. The van der Waals surface area contributed by atoms with E-state index in [1.165, 1.54) is 11.6 Å². The van der Waals surface area contributed by atoms with Crippen molar-refractivity contribution >= 4 is 26.8 Å². The fourth-order valence-electron chi connectivity index (χ4n) is 5.47. The van der Waals surface area contributed by atoms with Crippen molar-refractivity contribution in [1.82, 2.24) is 0 Å². The van der Waals surface area contributed by atoms with Crippen LogP contribution in [-0.4, -0.2) is 40.2 Å². The molecule has 9 heteroatoms. The molecule has 4 rings (SSSR count). The predicted octanol–water partition coefficient (Wildman–Crippen LogP) is 4.82. The van der Waals surface area contributed by atoms with E-state index in [4.69, 9.17) is 9.29 Å². The third-order valence-electron chi connectivity index (χ3n) is 7.56. The number of fused-ring (bicyclic) bond motifs is 1. The molecule has 1 fully saturated rings. The van der Waals surface area contributed by atoms with Crippen LogP contribution in [0, 0.1) is 5.92 Å². The number of ether oxygens (including phenoxy) is 1. The molecule has 0 aromatic heterocycles. The lowest BCUT2D eigenvalue weighted by Gasteiger charge is -2.38. The summed E-state index contributed by atoms with van der Waals surface area (Å²) in [7, 11) is -3.84. The van der Waals surface area contributed by atoms with Crippen LogP contribution in [0.15, 0.2) is 41.3 Å². The fraction of sp³-hybridized carbons (Fsp3) is 0.556. The van der Waals surface area contributed by atoms with Gasteiger partial charge >= 0.3 is 0 Å². The summed E-state index contributed by atoms with van der Waals surface area (Å²) in [5.74, 6) is 0.997. The Balaban J connectivity index is 1.58. The first-order chi connectivity index (χ1) is 17.3. The average molecular weight is 536 g/mol. The summed E-state index contributed by atoms with van der Waals surface area (Å²) in [5, 5.41) is 10.1. The topological polar surface area (TPSA) is 104 Å². The molecule has 2 aliphatic rings. The lowest BCUT2D eigenvalue weighted by molar-refractivity contribution is 0.132. The van der Waals surface area contributed by atoms with Gasteiger partial charge in [-0.15, -0.1) is 0 Å². The van der Waals surface area contributed by atoms with E-state index in [-0.39, 0.29) is 29.6 Å². The number of hydrogen-bond donors (Lipinski definition) is 2. The van der Waals surface area contributed by atoms with E-state index < -0.39 is 21.1 Å². The van der Waals surface area contributed by atoms with Gasteiger partial charge in [0.05, 0.1) is 29.0 Å². The van der Waals surface area contributed by atoms with Gasteiger partial charge in [0.1, 0.15) is 5.75 Å². The SMILES string of the molecule is CCc1ccc2c(c1)CCC(CC)N2S(=O)(=O)c1ccc(OC2CCC(CS(=O)O)CC2)c(CO)c1. The molecule has 0 radical (unpaired) electrons. The van der Waals surface area contributed by atoms with Crippen LogP contribution in [0.5, 0.6) is 5.75 Å². The zero-order valence-electron chi connectivity index (χ0n) is 21.1. The van der Waals surface area contributed by atoms with Gasteiger partial charge in [-0.1, -0.05) is 26.0 Å². The first-order valence-electron chi connectivity index (χ1n) is 12.9. The van der Waals surface area contributed by atoms with Gasteiger partial charge in [-0.05, 0) is 92.7 Å². The molecule has 2 N–H and O–H groups in total. The number of anilines is 1. The van der Waals surface area contributed by atoms with Crippen LogP contribution in [0.25, 0.3) is 0 Å². The summed E-state index contributed by atoms with van der Waals surface area (Å²) in [6.07, 6.45) is 6.33. The van der Waals surface area contributed by atoms with E-state index in [0.717, 1.165) is 62.6 Å². The minimum atomic E-state index is -3.84. The van der Waals surface area contributed by atoms with Gasteiger partial charge in [-0.25, -0.2) is 12.6 Å². The maximum Gasteiger partial charge on any atom is 0.264 e. The first-order valence-corrected chi connectivity index (χ1v) is 15.6. The van der Waals surface area contributed by atoms with Crippen molar-refractivity contribution in [3.05, 3.63) is 53.1 Å². The molecule has 198 valence electrons. The summed E-state index contributed by atoms with van der Waals surface area (Å²) in [6.45, 7) is 3.78. The largest absolute Gasteiger partial charge is 0.490 e. The van der Waals surface area contributed by atoms with E-state index in [1.54, 1.807) is 16.4 Å². The first kappa shape index (κ1) is 27.1. The van der Waals surface area contributed by atoms with Gasteiger partial charge in [0.2, 0.25) is 0 Å². The molecule has 2 aromatic carbocycles. The average Bonchev–Trinajstić information content (AvgIpc) is 2.88. The molecule has 2 atom stereocenters. The van der Waals surface area contributed by atoms with Crippen molar-refractivity contribution in [3.63, 3.8) is 0 Å². The van der Waals surface area contributed by atoms with Gasteiger partial charge in [0.25, 0.3) is 10.0 Å². The lowest BCUT2D eigenvalue weighted by Crippen LogP contribution is -2.43. The summed E-state index contributed by atoms with van der Waals surface area (Å²) >= 11 is -1.78. The number of aliphatic hydroxyl groups is 1. The molecule has 36 heavy (non-hydrogen) atoms. The quantitative estimate of drug-likeness (QED) is 0.446. The smallest absolute Gasteiger partial charge is 0.264 e. The standard InChI is InChI=1S/C27H37NO6S2/c1-3-19-7-13-26-21(15-19)8-9-23(4-2)28(26)36(32,33)25-12-14-27(22(16-25)17-29)34-24-10-5-20(6-11-24)18-35(30)31/h7,12-16,20,23-24,29H,3-6,8-11,17-18H2,1-2H3,(H,30,31). The number of hydrogen-bond acceptors (Lipinski definition) is 5. The van der Waals surface area contributed by atoms with E-state index in [2.05, 4.69) is 13.0 Å². The van der Waals surface area contributed by atoms with Crippen LogP contribution in [0.3, 0.4) is 0 Å². The van der Waals surface area contributed by atoms with E-state index in [9.17, 15) is 17.7 Å². The summed E-state index contributed by atoms with van der Waals surface area (Å²) in [4.78, 5) is 0.152. The third kappa shape index (κ3) is 5.79. The fourth-order valence-corrected chi connectivity index (χ4v) is 8.05. The van der Waals surface area contributed by atoms with Gasteiger partial charge in [-0.2, -0.15) is 0 Å². The van der Waals surface area contributed by atoms with Crippen LogP contribution in [0.1, 0.15) is 69.1 Å². The zero-order chi connectivity index (χ0) is 25.9. The third-order valence-corrected chi connectivity index (χ3v) is 10.2. The Morgan fingerprint density at radius 3 is 2.44 bits per heavy atom. The Labute approximate surface area is 217 Å². The zero-order valence-corrected chi connectivity index (χ0v) is 22.7. The molecule has 0 saturated heterocycles. The summed E-state index contributed by atoms with van der Waals surface area (Å²) < 4.78 is 55.8. The second-order valence-electron chi connectivity index (χ2n) is 9.89. The predicted molar refractivity (Wildman–Crippen MR) is 142 cm³/mol.